The van der Waals surface area contributed by atoms with Crippen LogP contribution in [-0.2, 0) is 9.59 Å². The SMILES string of the molecule is O=C(CCCN1C(=O)C(=Cc2ccc(Br)cc2)SC1=S)NC1CCCC1. The van der Waals surface area contributed by atoms with Crippen LogP contribution < -0.4 is 5.32 Å². The molecule has 2 aliphatic rings. The van der Waals surface area contributed by atoms with Crippen LogP contribution in [0.15, 0.2) is 33.6 Å². The summed E-state index contributed by atoms with van der Waals surface area (Å²) >= 11 is 10.1. The first-order valence-electron chi connectivity index (χ1n) is 8.83. The third kappa shape index (κ3) is 5.18. The molecular weight excluding hydrogens is 432 g/mol. The van der Waals surface area contributed by atoms with Gasteiger partial charge in [-0.25, -0.2) is 0 Å². The molecule has 1 saturated heterocycles. The molecule has 1 heterocycles. The Balaban J connectivity index is 1.50. The number of rotatable bonds is 6. The summed E-state index contributed by atoms with van der Waals surface area (Å²) in [5, 5.41) is 3.08. The Morgan fingerprint density at radius 2 is 2.00 bits per heavy atom. The van der Waals surface area contributed by atoms with Gasteiger partial charge in [0.05, 0.1) is 4.91 Å². The second-order valence-electron chi connectivity index (χ2n) is 6.54. The van der Waals surface area contributed by atoms with Crippen LogP contribution in [0.4, 0.5) is 0 Å². The zero-order valence-electron chi connectivity index (χ0n) is 14.4. The first kappa shape index (κ1) is 19.6. The van der Waals surface area contributed by atoms with Gasteiger partial charge in [-0.2, -0.15) is 0 Å². The van der Waals surface area contributed by atoms with E-state index in [9.17, 15) is 9.59 Å². The van der Waals surface area contributed by atoms with Crippen molar-refractivity contribution in [3.8, 4) is 0 Å². The van der Waals surface area contributed by atoms with E-state index in [1.807, 2.05) is 30.3 Å². The Kier molecular flexibility index (Phi) is 6.89. The van der Waals surface area contributed by atoms with Crippen molar-refractivity contribution < 1.29 is 9.59 Å². The molecule has 26 heavy (non-hydrogen) atoms. The molecule has 3 rings (SSSR count). The van der Waals surface area contributed by atoms with Crippen molar-refractivity contribution in [2.45, 2.75) is 44.6 Å². The van der Waals surface area contributed by atoms with Gasteiger partial charge in [-0.1, -0.05) is 64.9 Å². The van der Waals surface area contributed by atoms with Crippen molar-refractivity contribution in [2.24, 2.45) is 0 Å². The number of nitrogens with zero attached hydrogens (tertiary/aromatic N) is 1. The highest BCUT2D eigenvalue weighted by Gasteiger charge is 2.31. The Bertz CT molecular complexity index is 728. The average molecular weight is 453 g/mol. The Labute approximate surface area is 171 Å². The van der Waals surface area contributed by atoms with Crippen LogP contribution in [0.1, 0.15) is 44.1 Å². The highest BCUT2D eigenvalue weighted by atomic mass is 79.9. The quantitative estimate of drug-likeness (QED) is 0.510. The number of carbonyl (C=O) groups is 2. The van der Waals surface area contributed by atoms with Gasteiger partial charge in [0.25, 0.3) is 5.91 Å². The maximum atomic E-state index is 12.6. The first-order valence-corrected chi connectivity index (χ1v) is 10.8. The number of benzene rings is 1. The van der Waals surface area contributed by atoms with Crippen LogP contribution in [0.5, 0.6) is 0 Å². The summed E-state index contributed by atoms with van der Waals surface area (Å²) in [4.78, 5) is 26.8. The van der Waals surface area contributed by atoms with Crippen LogP contribution in [0.25, 0.3) is 6.08 Å². The fourth-order valence-electron chi connectivity index (χ4n) is 3.17. The van der Waals surface area contributed by atoms with Gasteiger partial charge in [0.2, 0.25) is 5.91 Å². The maximum absolute atomic E-state index is 12.6. The van der Waals surface area contributed by atoms with Gasteiger partial charge in [0, 0.05) is 23.5 Å². The molecule has 7 heteroatoms. The van der Waals surface area contributed by atoms with Gasteiger partial charge in [-0.15, -0.1) is 0 Å². The summed E-state index contributed by atoms with van der Waals surface area (Å²) in [7, 11) is 0. The van der Waals surface area contributed by atoms with E-state index in [0.29, 0.717) is 34.7 Å². The van der Waals surface area contributed by atoms with Crippen molar-refractivity contribution in [1.29, 1.82) is 0 Å². The monoisotopic (exact) mass is 452 g/mol. The minimum atomic E-state index is -0.0703. The Morgan fingerprint density at radius 1 is 1.31 bits per heavy atom. The molecule has 2 amide bonds. The minimum Gasteiger partial charge on any atom is -0.353 e. The van der Waals surface area contributed by atoms with Crippen molar-refractivity contribution in [3.63, 3.8) is 0 Å². The number of carbonyl (C=O) groups excluding carboxylic acids is 2. The van der Waals surface area contributed by atoms with E-state index < -0.39 is 0 Å². The number of nitrogens with one attached hydrogen (secondary N) is 1. The van der Waals surface area contributed by atoms with Crippen LogP contribution in [0, 0.1) is 0 Å². The average Bonchev–Trinajstić information content (AvgIpc) is 3.20. The molecule has 138 valence electrons. The molecule has 0 unspecified atom stereocenters. The predicted molar refractivity (Wildman–Crippen MR) is 114 cm³/mol. The lowest BCUT2D eigenvalue weighted by Gasteiger charge is -2.15. The fraction of sp³-hybridized carbons (Fsp3) is 0.421. The molecule has 0 spiro atoms. The van der Waals surface area contributed by atoms with Crippen molar-refractivity contribution >= 4 is 62.1 Å². The van der Waals surface area contributed by atoms with Gasteiger partial charge >= 0.3 is 0 Å². The van der Waals surface area contributed by atoms with Gasteiger partial charge in [-0.05, 0) is 43.0 Å². The summed E-state index contributed by atoms with van der Waals surface area (Å²) in [6.07, 6.45) is 7.48. The van der Waals surface area contributed by atoms with E-state index in [1.165, 1.54) is 24.6 Å². The molecule has 1 aromatic rings. The summed E-state index contributed by atoms with van der Waals surface area (Å²) in [6, 6.07) is 8.12. The molecule has 0 radical (unpaired) electrons. The molecule has 2 fully saturated rings. The molecule has 0 aromatic heterocycles. The summed E-state index contributed by atoms with van der Waals surface area (Å²) in [5.41, 5.74) is 0.963. The molecule has 0 atom stereocenters. The maximum Gasteiger partial charge on any atom is 0.266 e. The zero-order valence-corrected chi connectivity index (χ0v) is 17.6. The van der Waals surface area contributed by atoms with E-state index in [1.54, 1.807) is 4.90 Å². The van der Waals surface area contributed by atoms with E-state index in [0.717, 1.165) is 22.9 Å². The molecule has 4 nitrogen and oxygen atoms in total. The van der Waals surface area contributed by atoms with E-state index in [-0.39, 0.29) is 11.8 Å². The number of hydrogen-bond donors (Lipinski definition) is 1. The Hall–Kier alpha value is -1.18. The van der Waals surface area contributed by atoms with Crippen molar-refractivity contribution in [2.75, 3.05) is 6.54 Å². The molecule has 1 saturated carbocycles. The standard InChI is InChI=1S/C19H21BrN2O2S2/c20-14-9-7-13(8-10-14)12-16-18(24)22(19(25)26-16)11-3-6-17(23)21-15-4-1-2-5-15/h7-10,12,15H,1-6,11H2,(H,21,23). The molecule has 1 aliphatic heterocycles. The second kappa shape index (κ2) is 9.15. The largest absolute Gasteiger partial charge is 0.353 e. The summed E-state index contributed by atoms with van der Waals surface area (Å²) in [6.45, 7) is 0.487. The number of thiocarbonyl (C=S) groups is 1. The van der Waals surface area contributed by atoms with Gasteiger partial charge in [0.1, 0.15) is 4.32 Å². The molecule has 1 N–H and O–H groups in total. The van der Waals surface area contributed by atoms with Gasteiger partial charge in [0.15, 0.2) is 0 Å². The molecule has 1 aliphatic carbocycles. The van der Waals surface area contributed by atoms with E-state index in [2.05, 4.69) is 21.2 Å². The molecule has 0 bridgehead atoms. The van der Waals surface area contributed by atoms with Crippen LogP contribution in [0.2, 0.25) is 0 Å². The van der Waals surface area contributed by atoms with Crippen molar-refractivity contribution in [1.82, 2.24) is 10.2 Å². The van der Waals surface area contributed by atoms with Crippen LogP contribution in [-0.4, -0.2) is 33.6 Å². The highest BCUT2D eigenvalue weighted by molar-refractivity contribution is 9.10. The lowest BCUT2D eigenvalue weighted by Crippen LogP contribution is -2.34. The summed E-state index contributed by atoms with van der Waals surface area (Å²) < 4.78 is 1.56. The normalized spacial score (nSPS) is 19.6. The highest BCUT2D eigenvalue weighted by Crippen LogP contribution is 2.32. The van der Waals surface area contributed by atoms with Crippen LogP contribution in [0.3, 0.4) is 0 Å². The number of thioether (sulfide) groups is 1. The number of halogens is 1. The molecular formula is C19H21BrN2O2S2. The minimum absolute atomic E-state index is 0.0703. The lowest BCUT2D eigenvalue weighted by molar-refractivity contribution is -0.124. The third-order valence-corrected chi connectivity index (χ3v) is 6.45. The van der Waals surface area contributed by atoms with E-state index in [4.69, 9.17) is 12.2 Å². The predicted octanol–water partition coefficient (Wildman–Crippen LogP) is 4.49. The van der Waals surface area contributed by atoms with Crippen molar-refractivity contribution in [3.05, 3.63) is 39.2 Å². The summed E-state index contributed by atoms with van der Waals surface area (Å²) in [5.74, 6) is 0.00636. The molecule has 1 aromatic carbocycles. The van der Waals surface area contributed by atoms with Crippen LogP contribution >= 0.6 is 39.9 Å². The number of amides is 2. The topological polar surface area (TPSA) is 49.4 Å². The number of hydrogen-bond acceptors (Lipinski definition) is 4. The van der Waals surface area contributed by atoms with E-state index >= 15 is 0 Å². The van der Waals surface area contributed by atoms with Gasteiger partial charge < -0.3 is 5.32 Å². The fourth-order valence-corrected chi connectivity index (χ4v) is 4.74. The second-order valence-corrected chi connectivity index (χ2v) is 9.13. The first-order chi connectivity index (χ1) is 12.5. The Morgan fingerprint density at radius 3 is 2.69 bits per heavy atom. The smallest absolute Gasteiger partial charge is 0.266 e. The third-order valence-electron chi connectivity index (χ3n) is 4.55. The van der Waals surface area contributed by atoms with Gasteiger partial charge in [-0.3, -0.25) is 14.5 Å². The zero-order chi connectivity index (χ0) is 18.5. The lowest BCUT2D eigenvalue weighted by atomic mass is 10.2.